The van der Waals surface area contributed by atoms with E-state index in [9.17, 15) is 25.0 Å². The second-order valence-electron chi connectivity index (χ2n) is 10.2. The second kappa shape index (κ2) is 9.04. The molecule has 0 heterocycles. The highest BCUT2D eigenvalue weighted by molar-refractivity contribution is 5.69. The van der Waals surface area contributed by atoms with Crippen molar-refractivity contribution in [3.63, 3.8) is 0 Å². The number of hydrogen-bond acceptors (Lipinski definition) is 7. The van der Waals surface area contributed by atoms with Gasteiger partial charge in [-0.05, 0) is 74.3 Å². The highest BCUT2D eigenvalue weighted by Gasteiger charge is 2.37. The van der Waals surface area contributed by atoms with Crippen LogP contribution < -0.4 is 9.47 Å². The third-order valence-electron chi connectivity index (χ3n) is 7.10. The molecule has 0 N–H and O–H groups in total. The number of carbonyl (C=O) groups is 1. The third kappa shape index (κ3) is 5.89. The maximum atomic E-state index is 12.6. The Labute approximate surface area is 197 Å². The van der Waals surface area contributed by atoms with Crippen LogP contribution in [0.1, 0.15) is 63.5 Å². The van der Waals surface area contributed by atoms with Crippen molar-refractivity contribution in [1.29, 1.82) is 0 Å². The molecule has 2 aliphatic carbocycles. The fraction of sp³-hybridized carbons (Fsp3) is 0.480. The molecule has 2 aromatic rings. The van der Waals surface area contributed by atoms with E-state index >= 15 is 0 Å². The average Bonchev–Trinajstić information content (AvgIpc) is 3.71. The first kappa shape index (κ1) is 23.7. The quantitative estimate of drug-likeness (QED) is 0.168. The van der Waals surface area contributed by atoms with E-state index in [4.69, 9.17) is 9.47 Å². The fourth-order valence-electron chi connectivity index (χ4n) is 3.95. The first-order chi connectivity index (χ1) is 16.1. The molecule has 9 heteroatoms. The molecule has 0 atom stereocenters. The summed E-state index contributed by atoms with van der Waals surface area (Å²) in [4.78, 5) is 34.1. The lowest BCUT2D eigenvalue weighted by atomic mass is 9.98. The topological polar surface area (TPSA) is 122 Å². The maximum absolute atomic E-state index is 12.6. The fourth-order valence-corrected chi connectivity index (χ4v) is 3.95. The van der Waals surface area contributed by atoms with Crippen LogP contribution in [-0.4, -0.2) is 16.0 Å². The number of ether oxygens (including phenoxy) is 2. The molecule has 2 saturated carbocycles. The summed E-state index contributed by atoms with van der Waals surface area (Å²) in [6.45, 7) is 4.33. The smallest absolute Gasteiger partial charge is 0.394 e. The van der Waals surface area contributed by atoms with Crippen molar-refractivity contribution in [2.45, 2.75) is 65.2 Å². The van der Waals surface area contributed by atoms with Gasteiger partial charge in [-0.3, -0.25) is 20.2 Å². The zero-order valence-electron chi connectivity index (χ0n) is 19.4. The molecule has 0 spiro atoms. The Morgan fingerprint density at radius 3 is 1.50 bits per heavy atom. The Balaban J connectivity index is 1.50. The zero-order chi connectivity index (χ0) is 24.5. The summed E-state index contributed by atoms with van der Waals surface area (Å²) >= 11 is 0. The first-order valence-electron chi connectivity index (χ1n) is 11.5. The van der Waals surface area contributed by atoms with Gasteiger partial charge in [-0.1, -0.05) is 13.8 Å². The molecule has 180 valence electrons. The minimum Gasteiger partial charge on any atom is -0.394 e. The number of benzene rings is 2. The van der Waals surface area contributed by atoms with E-state index in [2.05, 4.69) is 13.8 Å². The normalized spacial score (nSPS) is 17.0. The Hall–Kier alpha value is -3.49. The van der Waals surface area contributed by atoms with Crippen molar-refractivity contribution in [2.75, 3.05) is 0 Å². The molecule has 34 heavy (non-hydrogen) atoms. The van der Waals surface area contributed by atoms with Gasteiger partial charge in [-0.25, -0.2) is 4.79 Å². The van der Waals surface area contributed by atoms with Crippen LogP contribution in [0.3, 0.4) is 0 Å². The molecule has 2 aliphatic rings. The van der Waals surface area contributed by atoms with Crippen molar-refractivity contribution < 1.29 is 24.1 Å². The van der Waals surface area contributed by atoms with Crippen LogP contribution in [0.2, 0.25) is 0 Å². The predicted molar refractivity (Wildman–Crippen MR) is 124 cm³/mol. The molecule has 0 amide bonds. The van der Waals surface area contributed by atoms with Crippen molar-refractivity contribution >= 4 is 17.5 Å². The van der Waals surface area contributed by atoms with Crippen LogP contribution in [0.4, 0.5) is 16.2 Å². The SMILES string of the molecule is CC1(CCc2cc([N+](=O)[O-])ccc2OC(=O)Oc2ccc([N+](=O)[O-])cc2CCC2(C)CC2)CC1. The summed E-state index contributed by atoms with van der Waals surface area (Å²) < 4.78 is 10.9. The molecular formula is C25H28N2O7. The van der Waals surface area contributed by atoms with Gasteiger partial charge < -0.3 is 9.47 Å². The number of nitro groups is 2. The number of non-ortho nitro benzene ring substituents is 2. The lowest BCUT2D eigenvalue weighted by molar-refractivity contribution is -0.385. The lowest BCUT2D eigenvalue weighted by Gasteiger charge is -2.14. The molecule has 4 rings (SSSR count). The van der Waals surface area contributed by atoms with E-state index < -0.39 is 16.0 Å². The van der Waals surface area contributed by atoms with E-state index in [-0.39, 0.29) is 33.7 Å². The number of aryl methyl sites for hydroxylation is 2. The van der Waals surface area contributed by atoms with Crippen LogP contribution in [-0.2, 0) is 12.8 Å². The predicted octanol–water partition coefficient (Wildman–Crippen LogP) is 6.55. The van der Waals surface area contributed by atoms with Crippen LogP contribution in [0.15, 0.2) is 36.4 Å². The van der Waals surface area contributed by atoms with E-state index in [0.29, 0.717) is 24.0 Å². The zero-order valence-corrected chi connectivity index (χ0v) is 19.4. The summed E-state index contributed by atoms with van der Waals surface area (Å²) in [6, 6.07) is 8.27. The number of rotatable bonds is 10. The van der Waals surface area contributed by atoms with E-state index in [1.165, 1.54) is 36.4 Å². The van der Waals surface area contributed by atoms with Gasteiger partial charge in [0.05, 0.1) is 9.85 Å². The van der Waals surface area contributed by atoms with Gasteiger partial charge in [0.2, 0.25) is 0 Å². The standard InChI is InChI=1S/C25H28N2O7/c1-24(11-12-24)9-7-17-15-19(26(29)30)3-5-21(17)33-23(28)34-22-6-4-20(27(31)32)16-18(22)8-10-25(2)13-14-25/h3-6,15-16H,7-14H2,1-2H3. The molecule has 0 bridgehead atoms. The van der Waals surface area contributed by atoms with Crippen LogP contribution in [0.5, 0.6) is 11.5 Å². The molecule has 0 saturated heterocycles. The Morgan fingerprint density at radius 2 is 1.18 bits per heavy atom. The van der Waals surface area contributed by atoms with Gasteiger partial charge in [0.1, 0.15) is 11.5 Å². The molecule has 0 aromatic heterocycles. The van der Waals surface area contributed by atoms with Crippen molar-refractivity contribution in [2.24, 2.45) is 10.8 Å². The Bertz CT molecular complexity index is 1050. The molecular weight excluding hydrogens is 440 g/mol. The molecule has 0 aliphatic heterocycles. The largest absolute Gasteiger partial charge is 0.519 e. The summed E-state index contributed by atoms with van der Waals surface area (Å²) in [5.41, 5.74) is 1.48. The van der Waals surface area contributed by atoms with Crippen molar-refractivity contribution in [3.05, 3.63) is 67.8 Å². The van der Waals surface area contributed by atoms with Gasteiger partial charge in [0, 0.05) is 35.4 Å². The van der Waals surface area contributed by atoms with Crippen molar-refractivity contribution in [3.8, 4) is 11.5 Å². The number of nitro benzene ring substituents is 2. The monoisotopic (exact) mass is 468 g/mol. The number of hydrogen-bond donors (Lipinski definition) is 0. The second-order valence-corrected chi connectivity index (χ2v) is 10.2. The Kier molecular flexibility index (Phi) is 6.29. The van der Waals surface area contributed by atoms with Gasteiger partial charge in [0.15, 0.2) is 0 Å². The number of carbonyl (C=O) groups excluding carboxylic acids is 1. The van der Waals surface area contributed by atoms with Crippen LogP contribution >= 0.6 is 0 Å². The minimum atomic E-state index is -0.986. The number of nitrogens with zero attached hydrogens (tertiary/aromatic N) is 2. The maximum Gasteiger partial charge on any atom is 0.519 e. The van der Waals surface area contributed by atoms with Gasteiger partial charge in [-0.15, -0.1) is 0 Å². The van der Waals surface area contributed by atoms with Gasteiger partial charge >= 0.3 is 6.16 Å². The third-order valence-corrected chi connectivity index (χ3v) is 7.10. The highest BCUT2D eigenvalue weighted by atomic mass is 16.7. The van der Waals surface area contributed by atoms with Crippen LogP contribution in [0.25, 0.3) is 0 Å². The van der Waals surface area contributed by atoms with E-state index in [1.807, 2.05) is 0 Å². The Morgan fingerprint density at radius 1 is 0.794 bits per heavy atom. The lowest BCUT2D eigenvalue weighted by Crippen LogP contribution is -2.16. The van der Waals surface area contributed by atoms with Gasteiger partial charge in [-0.2, -0.15) is 0 Å². The summed E-state index contributed by atoms with van der Waals surface area (Å²) in [5, 5.41) is 22.4. The highest BCUT2D eigenvalue weighted by Crippen LogP contribution is 2.50. The molecule has 0 unspecified atom stereocenters. The molecule has 9 nitrogen and oxygen atoms in total. The summed E-state index contributed by atoms with van der Waals surface area (Å²) in [7, 11) is 0. The van der Waals surface area contributed by atoms with Gasteiger partial charge in [0.25, 0.3) is 11.4 Å². The summed E-state index contributed by atoms with van der Waals surface area (Å²) in [6.07, 6.45) is 6.23. The average molecular weight is 469 g/mol. The minimum absolute atomic E-state index is 0.0668. The molecule has 0 radical (unpaired) electrons. The molecule has 2 fully saturated rings. The van der Waals surface area contributed by atoms with Crippen molar-refractivity contribution in [1.82, 2.24) is 0 Å². The van der Waals surface area contributed by atoms with Crippen LogP contribution in [0, 0.1) is 31.1 Å². The molecule has 2 aromatic carbocycles. The van der Waals surface area contributed by atoms with E-state index in [0.717, 1.165) is 38.5 Å². The first-order valence-corrected chi connectivity index (χ1v) is 11.5. The summed E-state index contributed by atoms with van der Waals surface area (Å²) in [5.74, 6) is 0.433. The van der Waals surface area contributed by atoms with E-state index in [1.54, 1.807) is 0 Å².